The zero-order valence-corrected chi connectivity index (χ0v) is 17.4. The molecule has 0 spiro atoms. The Balaban J connectivity index is 0.00000243. The fourth-order valence-electron chi connectivity index (χ4n) is 4.16. The maximum atomic E-state index is 12.8. The third-order valence-electron chi connectivity index (χ3n) is 5.59. The van der Waals surface area contributed by atoms with Crippen LogP contribution in [0.1, 0.15) is 37.7 Å². The fourth-order valence-corrected chi connectivity index (χ4v) is 4.48. The minimum atomic E-state index is -0.250. The molecular formula is C19H27Cl3N2O2. The van der Waals surface area contributed by atoms with Crippen molar-refractivity contribution >= 4 is 41.5 Å². The summed E-state index contributed by atoms with van der Waals surface area (Å²) in [5.74, 6) is 0.0870. The predicted octanol–water partition coefficient (Wildman–Crippen LogP) is 3.79. The number of hydrogen-bond donors (Lipinski definition) is 1. The molecule has 1 saturated heterocycles. The molecule has 0 radical (unpaired) electrons. The number of rotatable bonds is 4. The molecule has 1 heterocycles. The molecule has 1 saturated carbocycles. The molecule has 1 aliphatic carbocycles. The molecule has 0 aromatic heterocycles. The lowest BCUT2D eigenvalue weighted by Crippen LogP contribution is -2.55. The summed E-state index contributed by atoms with van der Waals surface area (Å²) in [5.41, 5.74) is 0.875. The van der Waals surface area contributed by atoms with Crippen molar-refractivity contribution in [1.82, 2.24) is 9.80 Å². The third kappa shape index (κ3) is 5.05. The predicted molar refractivity (Wildman–Crippen MR) is 108 cm³/mol. The Labute approximate surface area is 171 Å². The largest absolute Gasteiger partial charge is 0.393 e. The number of aliphatic hydroxyl groups excluding tert-OH is 1. The number of hydrogen-bond acceptors (Lipinski definition) is 3. The molecule has 4 nitrogen and oxygen atoms in total. The number of likely N-dealkylation sites (tertiary alicyclic amines) is 1. The Bertz CT molecular complexity index is 623. The average Bonchev–Trinajstić information content (AvgIpc) is 3.12. The first kappa shape index (κ1) is 21.8. The van der Waals surface area contributed by atoms with Crippen molar-refractivity contribution in [1.29, 1.82) is 0 Å². The van der Waals surface area contributed by atoms with Gasteiger partial charge in [0.25, 0.3) is 0 Å². The second-order valence-electron chi connectivity index (χ2n) is 7.27. The van der Waals surface area contributed by atoms with Gasteiger partial charge in [0.15, 0.2) is 0 Å². The van der Waals surface area contributed by atoms with Gasteiger partial charge in [-0.25, -0.2) is 0 Å². The van der Waals surface area contributed by atoms with Crippen molar-refractivity contribution < 1.29 is 9.90 Å². The highest BCUT2D eigenvalue weighted by Gasteiger charge is 2.38. The van der Waals surface area contributed by atoms with Crippen molar-refractivity contribution in [2.24, 2.45) is 0 Å². The van der Waals surface area contributed by atoms with Gasteiger partial charge in [0.05, 0.1) is 22.6 Å². The van der Waals surface area contributed by atoms with Gasteiger partial charge >= 0.3 is 0 Å². The second-order valence-corrected chi connectivity index (χ2v) is 8.09. The van der Waals surface area contributed by atoms with Gasteiger partial charge in [0.2, 0.25) is 5.91 Å². The number of amides is 1. The van der Waals surface area contributed by atoms with E-state index >= 15 is 0 Å². The summed E-state index contributed by atoms with van der Waals surface area (Å²) in [6.45, 7) is 2.14. The van der Waals surface area contributed by atoms with Crippen molar-refractivity contribution in [3.05, 3.63) is 33.8 Å². The van der Waals surface area contributed by atoms with E-state index in [0.29, 0.717) is 16.5 Å². The van der Waals surface area contributed by atoms with Crippen LogP contribution >= 0.6 is 35.6 Å². The molecular weight excluding hydrogens is 395 g/mol. The van der Waals surface area contributed by atoms with Crippen LogP contribution in [0.25, 0.3) is 0 Å². The summed E-state index contributed by atoms with van der Waals surface area (Å²) in [5, 5.41) is 11.1. The molecule has 1 aliphatic heterocycles. The van der Waals surface area contributed by atoms with Crippen LogP contribution in [0, 0.1) is 0 Å². The topological polar surface area (TPSA) is 43.8 Å². The van der Waals surface area contributed by atoms with Crippen LogP contribution in [-0.2, 0) is 11.2 Å². The Morgan fingerprint density at radius 2 is 1.92 bits per heavy atom. The van der Waals surface area contributed by atoms with E-state index in [1.54, 1.807) is 12.1 Å². The van der Waals surface area contributed by atoms with Crippen LogP contribution in [0.3, 0.4) is 0 Å². The van der Waals surface area contributed by atoms with Crippen LogP contribution < -0.4 is 0 Å². The minimum Gasteiger partial charge on any atom is -0.393 e. The molecule has 1 aromatic rings. The van der Waals surface area contributed by atoms with Gasteiger partial charge in [0, 0.05) is 19.1 Å². The van der Waals surface area contributed by atoms with Crippen molar-refractivity contribution in [3.63, 3.8) is 0 Å². The lowest BCUT2D eigenvalue weighted by molar-refractivity contribution is -0.134. The number of nitrogens with zero attached hydrogens (tertiary/aromatic N) is 2. The zero-order chi connectivity index (χ0) is 18.0. The number of carbonyl (C=O) groups is 1. The highest BCUT2D eigenvalue weighted by molar-refractivity contribution is 6.42. The Morgan fingerprint density at radius 1 is 1.23 bits per heavy atom. The van der Waals surface area contributed by atoms with E-state index in [-0.39, 0.29) is 36.5 Å². The molecule has 26 heavy (non-hydrogen) atoms. The highest BCUT2D eigenvalue weighted by atomic mass is 35.5. The number of likely N-dealkylation sites (N-methyl/N-ethyl adjacent to an activating group) is 1. The fraction of sp³-hybridized carbons (Fsp3) is 0.632. The van der Waals surface area contributed by atoms with Gasteiger partial charge in [-0.2, -0.15) is 0 Å². The van der Waals surface area contributed by atoms with Gasteiger partial charge < -0.3 is 10.0 Å². The van der Waals surface area contributed by atoms with Gasteiger partial charge in [-0.15, -0.1) is 12.4 Å². The van der Waals surface area contributed by atoms with Gasteiger partial charge in [-0.3, -0.25) is 9.69 Å². The van der Waals surface area contributed by atoms with Crippen molar-refractivity contribution in [2.45, 2.75) is 56.7 Å². The smallest absolute Gasteiger partial charge is 0.227 e. The molecule has 3 rings (SSSR count). The summed E-state index contributed by atoms with van der Waals surface area (Å²) in [6, 6.07) is 5.77. The normalized spacial score (nSPS) is 26.4. The maximum absolute atomic E-state index is 12.8. The quantitative estimate of drug-likeness (QED) is 0.804. The third-order valence-corrected chi connectivity index (χ3v) is 6.33. The first-order valence-corrected chi connectivity index (χ1v) is 9.83. The maximum Gasteiger partial charge on any atom is 0.227 e. The van der Waals surface area contributed by atoms with Crippen LogP contribution in [-0.4, -0.2) is 59.1 Å². The van der Waals surface area contributed by atoms with Crippen LogP contribution in [0.4, 0.5) is 0 Å². The molecule has 1 aromatic carbocycles. The van der Waals surface area contributed by atoms with Gasteiger partial charge in [-0.05, 0) is 62.9 Å². The molecule has 7 heteroatoms. The summed E-state index contributed by atoms with van der Waals surface area (Å²) in [4.78, 5) is 17.2. The van der Waals surface area contributed by atoms with E-state index in [1.165, 1.54) is 12.8 Å². The average molecular weight is 422 g/mol. The molecule has 3 atom stereocenters. The van der Waals surface area contributed by atoms with Crippen molar-refractivity contribution in [3.8, 4) is 0 Å². The molecule has 2 fully saturated rings. The van der Waals surface area contributed by atoms with E-state index in [4.69, 9.17) is 23.2 Å². The monoisotopic (exact) mass is 420 g/mol. The Morgan fingerprint density at radius 3 is 2.58 bits per heavy atom. The second kappa shape index (κ2) is 9.61. The van der Waals surface area contributed by atoms with E-state index in [0.717, 1.165) is 37.9 Å². The lowest BCUT2D eigenvalue weighted by atomic mass is 9.86. The summed E-state index contributed by atoms with van der Waals surface area (Å²) in [7, 11) is 1.89. The Kier molecular flexibility index (Phi) is 8.05. The van der Waals surface area contributed by atoms with E-state index in [2.05, 4.69) is 4.90 Å². The van der Waals surface area contributed by atoms with E-state index < -0.39 is 0 Å². The van der Waals surface area contributed by atoms with Crippen LogP contribution in [0.2, 0.25) is 10.0 Å². The molecule has 1 amide bonds. The van der Waals surface area contributed by atoms with Crippen LogP contribution in [0.5, 0.6) is 0 Å². The van der Waals surface area contributed by atoms with Crippen molar-refractivity contribution in [2.75, 3.05) is 20.1 Å². The van der Waals surface area contributed by atoms with Gasteiger partial charge in [-0.1, -0.05) is 29.3 Å². The molecule has 2 aliphatic rings. The number of carbonyl (C=O) groups excluding carboxylic acids is 1. The molecule has 146 valence electrons. The Hall–Kier alpha value is -0.520. The van der Waals surface area contributed by atoms with E-state index in [9.17, 15) is 9.90 Å². The summed E-state index contributed by atoms with van der Waals surface area (Å²) in [6.07, 6.45) is 4.86. The zero-order valence-electron chi connectivity index (χ0n) is 15.0. The first-order chi connectivity index (χ1) is 12.0. The van der Waals surface area contributed by atoms with Crippen LogP contribution in [0.15, 0.2) is 18.2 Å². The number of halogens is 3. The molecule has 1 N–H and O–H groups in total. The lowest BCUT2D eigenvalue weighted by Gasteiger charge is -2.44. The first-order valence-electron chi connectivity index (χ1n) is 9.07. The number of benzene rings is 1. The molecule has 0 bridgehead atoms. The SMILES string of the molecule is CN(C(=O)Cc1ccc(Cl)c(Cl)c1)C1CCC(O)CC1N1CCCC1.Cl. The molecule has 3 unspecified atom stereocenters. The van der Waals surface area contributed by atoms with Gasteiger partial charge in [0.1, 0.15) is 0 Å². The summed E-state index contributed by atoms with van der Waals surface area (Å²) < 4.78 is 0. The number of aliphatic hydroxyl groups is 1. The summed E-state index contributed by atoms with van der Waals surface area (Å²) >= 11 is 12.0. The minimum absolute atomic E-state index is 0. The van der Waals surface area contributed by atoms with E-state index in [1.807, 2.05) is 18.0 Å². The highest BCUT2D eigenvalue weighted by Crippen LogP contribution is 2.30. The standard InChI is InChI=1S/C19H26Cl2N2O2.ClH/c1-22(19(25)11-13-4-6-15(20)16(21)10-13)17-7-5-14(24)12-18(17)23-8-2-3-9-23;/h4,6,10,14,17-18,24H,2-3,5,7-9,11-12H2,1H3;1H.